The highest BCUT2D eigenvalue weighted by molar-refractivity contribution is 5.88. The van der Waals surface area contributed by atoms with Gasteiger partial charge in [-0.15, -0.1) is 0 Å². The molecule has 0 fully saturated rings. The largest absolute Gasteiger partial charge is 0.483 e. The number of hydrogen-bond acceptors (Lipinski definition) is 3. The van der Waals surface area contributed by atoms with Crippen LogP contribution < -0.4 is 10.1 Å². The molecule has 3 aromatic rings. The molecule has 1 unspecified atom stereocenters. The Morgan fingerprint density at radius 3 is 2.20 bits per heavy atom. The quantitative estimate of drug-likeness (QED) is 0.413. The lowest BCUT2D eigenvalue weighted by Gasteiger charge is -2.31. The topological polar surface area (TPSA) is 58.6 Å². The summed E-state index contributed by atoms with van der Waals surface area (Å²) in [5.41, 5.74) is 4.16. The van der Waals surface area contributed by atoms with Crippen LogP contribution in [0.5, 0.6) is 5.75 Å². The number of hydrogen-bond donors (Lipinski definition) is 1. The molecule has 0 aliphatic rings. The van der Waals surface area contributed by atoms with Crippen molar-refractivity contribution in [3.05, 3.63) is 101 Å². The number of para-hydroxylation sites is 1. The fraction of sp³-hybridized carbons (Fsp3) is 0.333. The van der Waals surface area contributed by atoms with E-state index in [0.717, 1.165) is 22.3 Å². The first-order chi connectivity index (χ1) is 16.9. The number of amides is 2. The van der Waals surface area contributed by atoms with Gasteiger partial charge in [-0.05, 0) is 42.5 Å². The molecular weight excluding hydrogens is 436 g/mol. The zero-order chi connectivity index (χ0) is 25.2. The van der Waals surface area contributed by atoms with Gasteiger partial charge in [0, 0.05) is 19.5 Å². The van der Waals surface area contributed by atoms with Gasteiger partial charge in [0.1, 0.15) is 11.8 Å². The highest BCUT2D eigenvalue weighted by Gasteiger charge is 2.30. The molecule has 3 rings (SSSR count). The summed E-state index contributed by atoms with van der Waals surface area (Å²) in [7, 11) is 0. The van der Waals surface area contributed by atoms with Gasteiger partial charge in [-0.2, -0.15) is 0 Å². The second-order valence-electron chi connectivity index (χ2n) is 9.09. The first-order valence-electron chi connectivity index (χ1n) is 12.3. The molecule has 0 radical (unpaired) electrons. The Kier molecular flexibility index (Phi) is 9.47. The summed E-state index contributed by atoms with van der Waals surface area (Å²) in [6.07, 6.45) is 0.423. The third-order valence-electron chi connectivity index (χ3n) is 5.99. The molecule has 0 aliphatic heterocycles. The maximum Gasteiger partial charge on any atom is 0.261 e. The summed E-state index contributed by atoms with van der Waals surface area (Å²) >= 11 is 0. The Bertz CT molecular complexity index is 1090. The minimum absolute atomic E-state index is 0.139. The van der Waals surface area contributed by atoms with Gasteiger partial charge in [-0.1, -0.05) is 92.2 Å². The van der Waals surface area contributed by atoms with Crippen molar-refractivity contribution in [3.63, 3.8) is 0 Å². The Hall–Kier alpha value is -3.60. The van der Waals surface area contributed by atoms with E-state index in [-0.39, 0.29) is 24.3 Å². The molecule has 1 N–H and O–H groups in total. The number of carbonyl (C=O) groups excluding carboxylic acids is 2. The van der Waals surface area contributed by atoms with Crippen molar-refractivity contribution in [3.8, 4) is 5.75 Å². The number of rotatable bonds is 11. The van der Waals surface area contributed by atoms with Gasteiger partial charge >= 0.3 is 0 Å². The van der Waals surface area contributed by atoms with Crippen LogP contribution >= 0.6 is 0 Å². The smallest absolute Gasteiger partial charge is 0.261 e. The molecule has 35 heavy (non-hydrogen) atoms. The molecule has 0 aromatic heterocycles. The summed E-state index contributed by atoms with van der Waals surface area (Å²) < 4.78 is 6.02. The molecule has 3 aromatic carbocycles. The highest BCUT2D eigenvalue weighted by atomic mass is 16.5. The van der Waals surface area contributed by atoms with Crippen LogP contribution in [0.25, 0.3) is 0 Å². The zero-order valence-corrected chi connectivity index (χ0v) is 21.2. The molecule has 1 atom stereocenters. The van der Waals surface area contributed by atoms with Crippen molar-refractivity contribution in [1.82, 2.24) is 10.2 Å². The van der Waals surface area contributed by atoms with Gasteiger partial charge in [0.05, 0.1) is 0 Å². The Labute approximate surface area is 209 Å². The number of carbonyl (C=O) groups is 2. The van der Waals surface area contributed by atoms with Crippen LogP contribution in [-0.4, -0.2) is 35.9 Å². The molecule has 2 amide bonds. The summed E-state index contributed by atoms with van der Waals surface area (Å²) in [4.78, 5) is 28.5. The van der Waals surface area contributed by atoms with Crippen molar-refractivity contribution >= 4 is 11.8 Å². The molecule has 5 heteroatoms. The third-order valence-corrected chi connectivity index (χ3v) is 5.99. The van der Waals surface area contributed by atoms with E-state index in [2.05, 4.69) is 19.2 Å². The fourth-order valence-corrected chi connectivity index (χ4v) is 4.05. The Morgan fingerprint density at radius 1 is 0.886 bits per heavy atom. The lowest BCUT2D eigenvalue weighted by atomic mass is 10.0. The standard InChI is InChI=1S/C30H36N2O3/c1-5-31-30(34)27(19-24-11-7-6-8-12-24)32(20-25-17-15-23(4)16-18-25)29(33)21-35-28-14-10-9-13-26(28)22(2)3/h6-18,22,27H,5,19-21H2,1-4H3,(H,31,34). The predicted molar refractivity (Wildman–Crippen MR) is 140 cm³/mol. The van der Waals surface area contributed by atoms with Crippen molar-refractivity contribution in [2.24, 2.45) is 0 Å². The van der Waals surface area contributed by atoms with Crippen LogP contribution in [0, 0.1) is 6.92 Å². The first kappa shape index (κ1) is 26.0. The SMILES string of the molecule is CCNC(=O)C(Cc1ccccc1)N(Cc1ccc(C)cc1)C(=O)COc1ccccc1C(C)C. The van der Waals surface area contributed by atoms with Gasteiger partial charge in [0.25, 0.3) is 5.91 Å². The van der Waals surface area contributed by atoms with E-state index in [1.165, 1.54) is 0 Å². The van der Waals surface area contributed by atoms with Crippen molar-refractivity contribution < 1.29 is 14.3 Å². The molecule has 184 valence electrons. The van der Waals surface area contributed by atoms with Gasteiger partial charge in [-0.3, -0.25) is 9.59 Å². The molecule has 0 saturated carbocycles. The highest BCUT2D eigenvalue weighted by Crippen LogP contribution is 2.26. The predicted octanol–water partition coefficient (Wildman–Crippen LogP) is 5.27. The summed E-state index contributed by atoms with van der Waals surface area (Å²) in [6, 6.07) is 25.0. The molecule has 0 bridgehead atoms. The Balaban J connectivity index is 1.90. The average Bonchev–Trinajstić information content (AvgIpc) is 2.86. The molecular formula is C30H36N2O3. The van der Waals surface area contributed by atoms with E-state index in [1.807, 2.05) is 92.7 Å². The molecule has 0 aliphatic carbocycles. The number of nitrogens with zero attached hydrogens (tertiary/aromatic N) is 1. The fourth-order valence-electron chi connectivity index (χ4n) is 4.05. The number of aryl methyl sites for hydroxylation is 1. The van der Waals surface area contributed by atoms with Crippen LogP contribution in [-0.2, 0) is 22.6 Å². The molecule has 0 heterocycles. The summed E-state index contributed by atoms with van der Waals surface area (Å²) in [6.45, 7) is 8.78. The van der Waals surface area contributed by atoms with Crippen LogP contribution in [0.1, 0.15) is 48.9 Å². The maximum absolute atomic E-state index is 13.6. The lowest BCUT2D eigenvalue weighted by molar-refractivity contribution is -0.142. The van der Waals surface area contributed by atoms with Crippen molar-refractivity contribution in [2.75, 3.05) is 13.2 Å². The Morgan fingerprint density at radius 2 is 1.54 bits per heavy atom. The number of likely N-dealkylation sites (N-methyl/N-ethyl adjacent to an activating group) is 1. The van der Waals surface area contributed by atoms with Crippen molar-refractivity contribution in [2.45, 2.75) is 52.6 Å². The number of nitrogens with one attached hydrogen (secondary N) is 1. The lowest BCUT2D eigenvalue weighted by Crippen LogP contribution is -2.51. The minimum Gasteiger partial charge on any atom is -0.483 e. The number of ether oxygens (including phenoxy) is 1. The average molecular weight is 473 g/mol. The van der Waals surface area contributed by atoms with Gasteiger partial charge in [-0.25, -0.2) is 0 Å². The molecule has 0 spiro atoms. The van der Waals surface area contributed by atoms with E-state index < -0.39 is 6.04 Å². The maximum atomic E-state index is 13.6. The van der Waals surface area contributed by atoms with E-state index in [4.69, 9.17) is 4.74 Å². The van der Waals surface area contributed by atoms with Crippen LogP contribution in [0.15, 0.2) is 78.9 Å². The minimum atomic E-state index is -0.657. The van der Waals surface area contributed by atoms with Gasteiger partial charge < -0.3 is 15.0 Å². The van der Waals surface area contributed by atoms with E-state index in [9.17, 15) is 9.59 Å². The monoisotopic (exact) mass is 472 g/mol. The third kappa shape index (κ3) is 7.44. The number of benzene rings is 3. The first-order valence-corrected chi connectivity index (χ1v) is 12.3. The zero-order valence-electron chi connectivity index (χ0n) is 21.2. The van der Waals surface area contributed by atoms with E-state index >= 15 is 0 Å². The summed E-state index contributed by atoms with van der Waals surface area (Å²) in [5.74, 6) is 0.575. The molecule has 0 saturated heterocycles. The normalized spacial score (nSPS) is 11.7. The van der Waals surface area contributed by atoms with Crippen molar-refractivity contribution in [1.29, 1.82) is 0 Å². The van der Waals surface area contributed by atoms with Gasteiger partial charge in [0.2, 0.25) is 5.91 Å². The van der Waals surface area contributed by atoms with Crippen LogP contribution in [0.2, 0.25) is 0 Å². The summed E-state index contributed by atoms with van der Waals surface area (Å²) in [5, 5.41) is 2.92. The van der Waals surface area contributed by atoms with E-state index in [1.54, 1.807) is 4.90 Å². The van der Waals surface area contributed by atoms with Crippen LogP contribution in [0.4, 0.5) is 0 Å². The second kappa shape index (κ2) is 12.7. The van der Waals surface area contributed by atoms with E-state index in [0.29, 0.717) is 25.3 Å². The van der Waals surface area contributed by atoms with Crippen LogP contribution in [0.3, 0.4) is 0 Å². The van der Waals surface area contributed by atoms with Gasteiger partial charge in [0.15, 0.2) is 6.61 Å². The molecule has 5 nitrogen and oxygen atoms in total. The second-order valence-corrected chi connectivity index (χ2v) is 9.09.